The summed E-state index contributed by atoms with van der Waals surface area (Å²) in [7, 11) is 4.66. The lowest BCUT2D eigenvalue weighted by Crippen LogP contribution is -2.18. The van der Waals surface area contributed by atoms with Crippen molar-refractivity contribution in [1.29, 1.82) is 0 Å². The number of carbonyl (C=O) groups excluding carboxylic acids is 1. The lowest BCUT2D eigenvalue weighted by atomic mass is 9.98. The highest BCUT2D eigenvalue weighted by molar-refractivity contribution is 6.14. The van der Waals surface area contributed by atoms with Gasteiger partial charge in [-0.2, -0.15) is 0 Å². The van der Waals surface area contributed by atoms with Crippen LogP contribution in [-0.2, 0) is 0 Å². The van der Waals surface area contributed by atoms with Crippen LogP contribution >= 0.6 is 0 Å². The van der Waals surface area contributed by atoms with E-state index in [-0.39, 0.29) is 12.4 Å². The van der Waals surface area contributed by atoms with Crippen molar-refractivity contribution < 1.29 is 23.7 Å². The highest BCUT2D eigenvalue weighted by Gasteiger charge is 2.23. The number of carbonyl (C=O) groups is 1. The number of hydrogen-bond acceptors (Lipinski definition) is 5. The average Bonchev–Trinajstić information content (AvgIpc) is 2.63. The number of benzene rings is 2. The third kappa shape index (κ3) is 2.80. The van der Waals surface area contributed by atoms with Gasteiger partial charge in [-0.25, -0.2) is 0 Å². The van der Waals surface area contributed by atoms with Crippen LogP contribution in [0, 0.1) is 0 Å². The zero-order valence-electron chi connectivity index (χ0n) is 13.8. The summed E-state index contributed by atoms with van der Waals surface area (Å²) in [5.74, 6) is 2.16. The van der Waals surface area contributed by atoms with E-state index in [2.05, 4.69) is 0 Å². The maximum atomic E-state index is 12.6. The number of methoxy groups -OCH3 is 3. The molecular formula is C19H18O5. The molecule has 1 heterocycles. The van der Waals surface area contributed by atoms with Gasteiger partial charge in [0.15, 0.2) is 17.3 Å². The Labute approximate surface area is 140 Å². The van der Waals surface area contributed by atoms with Crippen LogP contribution in [-0.4, -0.2) is 33.7 Å². The Morgan fingerprint density at radius 2 is 1.67 bits per heavy atom. The van der Waals surface area contributed by atoms with Crippen molar-refractivity contribution in [3.05, 3.63) is 53.1 Å². The van der Waals surface area contributed by atoms with Gasteiger partial charge in [0.05, 0.1) is 26.9 Å². The molecule has 3 rings (SSSR count). The summed E-state index contributed by atoms with van der Waals surface area (Å²) in [5.41, 5.74) is 1.92. The summed E-state index contributed by atoms with van der Waals surface area (Å²) in [4.78, 5) is 12.6. The first-order chi connectivity index (χ1) is 11.7. The topological polar surface area (TPSA) is 54.0 Å². The number of rotatable bonds is 4. The van der Waals surface area contributed by atoms with E-state index in [0.29, 0.717) is 34.1 Å². The second kappa shape index (κ2) is 6.66. The van der Waals surface area contributed by atoms with Gasteiger partial charge in [0.25, 0.3) is 0 Å². The van der Waals surface area contributed by atoms with Crippen molar-refractivity contribution in [2.75, 3.05) is 27.9 Å². The van der Waals surface area contributed by atoms with Crippen molar-refractivity contribution in [3.8, 4) is 23.0 Å². The predicted molar refractivity (Wildman–Crippen MR) is 90.3 cm³/mol. The van der Waals surface area contributed by atoms with Gasteiger partial charge in [0.2, 0.25) is 5.75 Å². The Balaban J connectivity index is 2.02. The second-order valence-electron chi connectivity index (χ2n) is 5.24. The van der Waals surface area contributed by atoms with E-state index in [0.717, 1.165) is 5.56 Å². The fourth-order valence-corrected chi connectivity index (χ4v) is 2.67. The number of fused-ring (bicyclic) bond motifs is 1. The van der Waals surface area contributed by atoms with Gasteiger partial charge in [-0.3, -0.25) is 4.79 Å². The van der Waals surface area contributed by atoms with Crippen molar-refractivity contribution in [1.82, 2.24) is 0 Å². The van der Waals surface area contributed by atoms with E-state index in [1.165, 1.54) is 0 Å². The minimum atomic E-state index is -0.0365. The number of ketones is 1. The average molecular weight is 326 g/mol. The van der Waals surface area contributed by atoms with Gasteiger partial charge in [-0.15, -0.1) is 0 Å². The lowest BCUT2D eigenvalue weighted by molar-refractivity contribution is 0.100. The molecule has 5 heteroatoms. The van der Waals surface area contributed by atoms with Gasteiger partial charge in [0, 0.05) is 5.57 Å². The van der Waals surface area contributed by atoms with Crippen LogP contribution in [0.2, 0.25) is 0 Å². The second-order valence-corrected chi connectivity index (χ2v) is 5.24. The van der Waals surface area contributed by atoms with E-state index in [9.17, 15) is 4.79 Å². The van der Waals surface area contributed by atoms with Crippen molar-refractivity contribution >= 4 is 11.9 Å². The standard InChI is InChI=1S/C19H18O5/c1-21-16-9-12(10-17(22-2)19(16)23-3)8-13-11-24-15-7-5-4-6-14(15)18(13)20/h4-10H,11H2,1-3H3. The molecule has 0 saturated heterocycles. The molecule has 0 unspecified atom stereocenters. The van der Waals surface area contributed by atoms with Crippen LogP contribution in [0.5, 0.6) is 23.0 Å². The summed E-state index contributed by atoms with van der Waals surface area (Å²) < 4.78 is 21.7. The van der Waals surface area contributed by atoms with Crippen LogP contribution in [0.25, 0.3) is 6.08 Å². The molecule has 2 aromatic rings. The van der Waals surface area contributed by atoms with Crippen molar-refractivity contribution in [3.63, 3.8) is 0 Å². The molecule has 0 N–H and O–H groups in total. The Morgan fingerprint density at radius 1 is 1.00 bits per heavy atom. The first-order valence-corrected chi connectivity index (χ1v) is 7.45. The fraction of sp³-hybridized carbons (Fsp3) is 0.211. The fourth-order valence-electron chi connectivity index (χ4n) is 2.67. The SMILES string of the molecule is COc1cc(C=C2COc3ccccc3C2=O)cc(OC)c1OC. The lowest BCUT2D eigenvalue weighted by Gasteiger charge is -2.19. The zero-order valence-corrected chi connectivity index (χ0v) is 13.8. The molecule has 1 aliphatic rings. The zero-order chi connectivity index (χ0) is 17.1. The summed E-state index contributed by atoms with van der Waals surface area (Å²) in [5, 5.41) is 0. The molecule has 0 radical (unpaired) electrons. The van der Waals surface area contributed by atoms with E-state index >= 15 is 0 Å². The van der Waals surface area contributed by atoms with Crippen LogP contribution < -0.4 is 18.9 Å². The Kier molecular flexibility index (Phi) is 4.42. The molecule has 0 fully saturated rings. The molecule has 24 heavy (non-hydrogen) atoms. The number of ether oxygens (including phenoxy) is 4. The Bertz CT molecular complexity index is 782. The molecule has 1 aliphatic heterocycles. The summed E-state index contributed by atoms with van der Waals surface area (Å²) >= 11 is 0. The maximum absolute atomic E-state index is 12.6. The third-order valence-corrected chi connectivity index (χ3v) is 3.83. The first-order valence-electron chi connectivity index (χ1n) is 7.45. The summed E-state index contributed by atoms with van der Waals surface area (Å²) in [6, 6.07) is 10.8. The smallest absolute Gasteiger partial charge is 0.203 e. The molecule has 0 saturated carbocycles. The van der Waals surface area contributed by atoms with Gasteiger partial charge >= 0.3 is 0 Å². The van der Waals surface area contributed by atoms with Crippen molar-refractivity contribution in [2.45, 2.75) is 0 Å². The van der Waals surface area contributed by atoms with Crippen LogP contribution in [0.3, 0.4) is 0 Å². The van der Waals surface area contributed by atoms with E-state index in [1.807, 2.05) is 12.1 Å². The largest absolute Gasteiger partial charge is 0.493 e. The molecule has 0 aliphatic carbocycles. The Hall–Kier alpha value is -2.95. The van der Waals surface area contributed by atoms with Gasteiger partial charge in [0.1, 0.15) is 12.4 Å². The minimum absolute atomic E-state index is 0.0365. The first kappa shape index (κ1) is 15.9. The summed E-state index contributed by atoms with van der Waals surface area (Å²) in [6.45, 7) is 0.229. The van der Waals surface area contributed by atoms with Gasteiger partial charge in [-0.1, -0.05) is 12.1 Å². The highest BCUT2D eigenvalue weighted by Crippen LogP contribution is 2.39. The molecule has 124 valence electrons. The highest BCUT2D eigenvalue weighted by atomic mass is 16.5. The quantitative estimate of drug-likeness (QED) is 0.806. The van der Waals surface area contributed by atoms with E-state index in [4.69, 9.17) is 18.9 Å². The summed E-state index contributed by atoms with van der Waals surface area (Å²) in [6.07, 6.45) is 1.78. The third-order valence-electron chi connectivity index (χ3n) is 3.83. The molecule has 0 bridgehead atoms. The molecule has 0 aromatic heterocycles. The normalized spacial score (nSPS) is 14.8. The molecule has 0 atom stereocenters. The molecule has 2 aromatic carbocycles. The van der Waals surface area contributed by atoms with Crippen LogP contribution in [0.15, 0.2) is 42.0 Å². The minimum Gasteiger partial charge on any atom is -0.493 e. The van der Waals surface area contributed by atoms with E-state index in [1.54, 1.807) is 51.7 Å². The predicted octanol–water partition coefficient (Wildman–Crippen LogP) is 3.37. The maximum Gasteiger partial charge on any atom is 0.203 e. The number of Topliss-reactive ketones (excluding diaryl/α,β-unsaturated/α-hetero) is 1. The number of hydrogen-bond donors (Lipinski definition) is 0. The monoisotopic (exact) mass is 326 g/mol. The Morgan fingerprint density at radius 3 is 2.29 bits per heavy atom. The molecular weight excluding hydrogens is 308 g/mol. The van der Waals surface area contributed by atoms with Crippen LogP contribution in [0.4, 0.5) is 0 Å². The van der Waals surface area contributed by atoms with Crippen molar-refractivity contribution in [2.24, 2.45) is 0 Å². The van der Waals surface area contributed by atoms with Crippen LogP contribution in [0.1, 0.15) is 15.9 Å². The number of para-hydroxylation sites is 1. The van der Waals surface area contributed by atoms with Gasteiger partial charge in [-0.05, 0) is 35.9 Å². The van der Waals surface area contributed by atoms with Gasteiger partial charge < -0.3 is 18.9 Å². The molecule has 5 nitrogen and oxygen atoms in total. The molecule has 0 amide bonds. The molecule has 0 spiro atoms. The van der Waals surface area contributed by atoms with E-state index < -0.39 is 0 Å².